The zero-order valence-electron chi connectivity index (χ0n) is 18.3. The Kier molecular flexibility index (Phi) is 8.66. The monoisotopic (exact) mass is 696 g/mol. The van der Waals surface area contributed by atoms with Crippen molar-refractivity contribution in [2.24, 2.45) is 0 Å². The number of halogens is 4. The number of anilines is 1. The van der Waals surface area contributed by atoms with Crippen LogP contribution in [0.25, 0.3) is 6.08 Å². The molecule has 0 bridgehead atoms. The molecule has 0 spiro atoms. The molecule has 0 radical (unpaired) electrons. The molecule has 184 valence electrons. The van der Waals surface area contributed by atoms with Gasteiger partial charge in [0.25, 0.3) is 11.1 Å². The van der Waals surface area contributed by atoms with Gasteiger partial charge in [0, 0.05) is 10.2 Å². The summed E-state index contributed by atoms with van der Waals surface area (Å²) >= 11 is 11.1. The Hall–Kier alpha value is -2.47. The second kappa shape index (κ2) is 11.7. The molecule has 1 aliphatic rings. The van der Waals surface area contributed by atoms with E-state index in [0.717, 1.165) is 32.8 Å². The summed E-state index contributed by atoms with van der Waals surface area (Å²) in [6, 6.07) is 16.7. The molecule has 0 aromatic heterocycles. The third-order valence-corrected chi connectivity index (χ3v) is 7.51. The van der Waals surface area contributed by atoms with Gasteiger partial charge in [0.05, 0.1) is 13.9 Å². The van der Waals surface area contributed by atoms with Crippen molar-refractivity contribution in [3.63, 3.8) is 0 Å². The van der Waals surface area contributed by atoms with Crippen LogP contribution in [0.2, 0.25) is 0 Å². The average Bonchev–Trinajstić information content (AvgIpc) is 3.07. The Balaban J connectivity index is 1.43. The second-order valence-corrected chi connectivity index (χ2v) is 11.2. The SMILES string of the molecule is O=C(CN1C(=O)S/C(=C/c2cc(Br)c(OCc3ccc(Br)cc3)c(Br)c2)C1=O)Nc1cccc(F)c1. The molecule has 1 heterocycles. The minimum Gasteiger partial charge on any atom is -0.487 e. The molecule has 1 saturated heterocycles. The van der Waals surface area contributed by atoms with Crippen LogP contribution in [0, 0.1) is 5.82 Å². The maximum Gasteiger partial charge on any atom is 0.294 e. The summed E-state index contributed by atoms with van der Waals surface area (Å²) < 4.78 is 21.6. The minimum atomic E-state index is -0.609. The molecule has 36 heavy (non-hydrogen) atoms. The van der Waals surface area contributed by atoms with Gasteiger partial charge in [-0.1, -0.05) is 34.1 Å². The molecule has 1 fully saturated rings. The lowest BCUT2D eigenvalue weighted by atomic mass is 10.2. The van der Waals surface area contributed by atoms with Crippen molar-refractivity contribution in [2.45, 2.75) is 6.61 Å². The van der Waals surface area contributed by atoms with E-state index < -0.39 is 29.4 Å². The van der Waals surface area contributed by atoms with Crippen LogP contribution >= 0.6 is 59.6 Å². The first-order valence-corrected chi connectivity index (χ1v) is 13.6. The molecule has 0 saturated carbocycles. The number of nitrogens with zero attached hydrogens (tertiary/aromatic N) is 1. The van der Waals surface area contributed by atoms with Crippen molar-refractivity contribution in [1.82, 2.24) is 4.90 Å². The molecule has 3 aromatic carbocycles. The molecular weight excluding hydrogens is 683 g/mol. The first-order valence-electron chi connectivity index (χ1n) is 10.4. The van der Waals surface area contributed by atoms with Crippen molar-refractivity contribution < 1.29 is 23.5 Å². The number of thioether (sulfide) groups is 1. The topological polar surface area (TPSA) is 75.7 Å². The summed E-state index contributed by atoms with van der Waals surface area (Å²) in [6.07, 6.45) is 1.57. The maximum atomic E-state index is 13.3. The highest BCUT2D eigenvalue weighted by molar-refractivity contribution is 9.11. The molecule has 0 aliphatic carbocycles. The van der Waals surface area contributed by atoms with Crippen LogP contribution < -0.4 is 10.1 Å². The van der Waals surface area contributed by atoms with Crippen molar-refractivity contribution in [1.29, 1.82) is 0 Å². The van der Waals surface area contributed by atoms with Gasteiger partial charge in [-0.3, -0.25) is 19.3 Å². The van der Waals surface area contributed by atoms with Gasteiger partial charge in [-0.15, -0.1) is 0 Å². The first kappa shape index (κ1) is 26.6. The van der Waals surface area contributed by atoms with E-state index in [2.05, 4.69) is 53.1 Å². The van der Waals surface area contributed by atoms with Crippen molar-refractivity contribution in [2.75, 3.05) is 11.9 Å². The lowest BCUT2D eigenvalue weighted by molar-refractivity contribution is -0.127. The van der Waals surface area contributed by atoms with Crippen LogP contribution in [0.1, 0.15) is 11.1 Å². The van der Waals surface area contributed by atoms with E-state index in [9.17, 15) is 18.8 Å². The summed E-state index contributed by atoms with van der Waals surface area (Å²) in [4.78, 5) is 38.5. The average molecular weight is 699 g/mol. The van der Waals surface area contributed by atoms with Gasteiger partial charge in [0.1, 0.15) is 24.7 Å². The molecule has 11 heteroatoms. The summed E-state index contributed by atoms with van der Waals surface area (Å²) in [5, 5.41) is 1.92. The molecule has 3 aromatic rings. The number of nitrogens with one attached hydrogen (secondary N) is 1. The Morgan fingerprint density at radius 1 is 1.03 bits per heavy atom. The van der Waals surface area contributed by atoms with E-state index in [1.54, 1.807) is 18.2 Å². The van der Waals surface area contributed by atoms with E-state index in [-0.39, 0.29) is 10.6 Å². The van der Waals surface area contributed by atoms with Crippen molar-refractivity contribution >= 4 is 88.4 Å². The van der Waals surface area contributed by atoms with E-state index in [4.69, 9.17) is 4.74 Å². The molecule has 6 nitrogen and oxygen atoms in total. The van der Waals surface area contributed by atoms with Crippen LogP contribution in [-0.2, 0) is 16.2 Å². The zero-order chi connectivity index (χ0) is 25.8. The van der Waals surface area contributed by atoms with Crippen LogP contribution in [0.5, 0.6) is 5.75 Å². The zero-order valence-corrected chi connectivity index (χ0v) is 23.8. The summed E-state index contributed by atoms with van der Waals surface area (Å²) in [6.45, 7) is -0.116. The fourth-order valence-corrected chi connectivity index (χ4v) is 5.79. The predicted molar refractivity (Wildman–Crippen MR) is 148 cm³/mol. The second-order valence-electron chi connectivity index (χ2n) is 7.56. The van der Waals surface area contributed by atoms with E-state index in [1.807, 2.05) is 24.3 Å². The largest absolute Gasteiger partial charge is 0.487 e. The Labute approximate surface area is 235 Å². The fraction of sp³-hybridized carbons (Fsp3) is 0.0800. The molecule has 0 atom stereocenters. The van der Waals surface area contributed by atoms with Crippen molar-refractivity contribution in [3.8, 4) is 5.75 Å². The lowest BCUT2D eigenvalue weighted by Crippen LogP contribution is -2.36. The number of hydrogen-bond acceptors (Lipinski definition) is 5. The quantitative estimate of drug-likeness (QED) is 0.261. The fourth-order valence-electron chi connectivity index (χ4n) is 3.23. The molecule has 0 unspecified atom stereocenters. The first-order chi connectivity index (χ1) is 17.2. The molecule has 1 N–H and O–H groups in total. The number of ether oxygens (including phenoxy) is 1. The maximum absolute atomic E-state index is 13.3. The van der Waals surface area contributed by atoms with Gasteiger partial charge in [0.2, 0.25) is 5.91 Å². The smallest absolute Gasteiger partial charge is 0.294 e. The summed E-state index contributed by atoms with van der Waals surface area (Å²) in [5.74, 6) is -1.11. The van der Waals surface area contributed by atoms with Crippen LogP contribution in [0.3, 0.4) is 0 Å². The lowest BCUT2D eigenvalue weighted by Gasteiger charge is -2.13. The number of carbonyl (C=O) groups excluding carboxylic acids is 3. The predicted octanol–water partition coefficient (Wildman–Crippen LogP) is 7.37. The van der Waals surface area contributed by atoms with Gasteiger partial charge in [-0.05, 0) is 103 Å². The van der Waals surface area contributed by atoms with Gasteiger partial charge in [0.15, 0.2) is 0 Å². The number of amides is 3. The standard InChI is InChI=1S/C25H16Br3FN2O4S/c26-16-6-4-14(5-7-16)13-35-23-19(27)8-15(9-20(23)28)10-21-24(33)31(25(34)36-21)12-22(32)30-18-3-1-2-17(29)11-18/h1-11H,12-13H2,(H,30,32)/b21-10+. The Morgan fingerprint density at radius 3 is 2.39 bits per heavy atom. The van der Waals surface area contributed by atoms with Crippen LogP contribution in [-0.4, -0.2) is 28.5 Å². The van der Waals surface area contributed by atoms with E-state index in [0.29, 0.717) is 26.9 Å². The molecule has 4 rings (SSSR count). The van der Waals surface area contributed by atoms with Gasteiger partial charge in [-0.2, -0.15) is 0 Å². The van der Waals surface area contributed by atoms with Crippen molar-refractivity contribution in [3.05, 3.63) is 95.9 Å². The van der Waals surface area contributed by atoms with E-state index >= 15 is 0 Å². The molecular formula is C25H16Br3FN2O4S. The number of hydrogen-bond donors (Lipinski definition) is 1. The number of imide groups is 1. The van der Waals surface area contributed by atoms with Crippen LogP contribution in [0.15, 0.2) is 79.0 Å². The molecule has 1 aliphatic heterocycles. The highest BCUT2D eigenvalue weighted by Crippen LogP contribution is 2.38. The summed E-state index contributed by atoms with van der Waals surface area (Å²) in [7, 11) is 0. The third-order valence-electron chi connectivity index (χ3n) is 4.90. The summed E-state index contributed by atoms with van der Waals surface area (Å²) in [5.41, 5.74) is 1.88. The Bertz CT molecular complexity index is 1360. The van der Waals surface area contributed by atoms with Gasteiger partial charge >= 0.3 is 0 Å². The molecule has 3 amide bonds. The number of carbonyl (C=O) groups is 3. The number of benzene rings is 3. The Morgan fingerprint density at radius 2 is 1.72 bits per heavy atom. The van der Waals surface area contributed by atoms with E-state index in [1.165, 1.54) is 18.2 Å². The van der Waals surface area contributed by atoms with Gasteiger partial charge in [-0.25, -0.2) is 4.39 Å². The van der Waals surface area contributed by atoms with Gasteiger partial charge < -0.3 is 10.1 Å². The highest BCUT2D eigenvalue weighted by Gasteiger charge is 2.36. The third kappa shape index (κ3) is 6.64. The highest BCUT2D eigenvalue weighted by atomic mass is 79.9. The normalized spacial score (nSPS) is 14.4. The van der Waals surface area contributed by atoms with Crippen LogP contribution in [0.4, 0.5) is 14.9 Å². The number of rotatable bonds is 7. The minimum absolute atomic E-state index is 0.181.